The lowest BCUT2D eigenvalue weighted by molar-refractivity contribution is -0.154. The molecule has 1 fully saturated rings. The van der Waals surface area contributed by atoms with Crippen molar-refractivity contribution in [2.75, 3.05) is 0 Å². The van der Waals surface area contributed by atoms with Crippen molar-refractivity contribution in [2.45, 2.75) is 6.42 Å². The summed E-state index contributed by atoms with van der Waals surface area (Å²) in [5.74, 6) is -1.53. The smallest absolute Gasteiger partial charge is 0.473 e. The highest BCUT2D eigenvalue weighted by Crippen LogP contribution is 2.00. The van der Waals surface area contributed by atoms with Crippen LogP contribution in [0.2, 0.25) is 0 Å². The van der Waals surface area contributed by atoms with Crippen molar-refractivity contribution in [2.24, 2.45) is 0 Å². The molecule has 1 saturated heterocycles. The summed E-state index contributed by atoms with van der Waals surface area (Å²) in [6.45, 7) is 0. The van der Waals surface area contributed by atoms with Gasteiger partial charge in [0.1, 0.15) is 6.42 Å². The first-order chi connectivity index (χ1) is 4.18. The Bertz CT molecular complexity index is 138. The number of rotatable bonds is 0. The van der Waals surface area contributed by atoms with E-state index in [0.29, 0.717) is 0 Å². The van der Waals surface area contributed by atoms with Gasteiger partial charge in [-0.3, -0.25) is 9.59 Å². The van der Waals surface area contributed by atoms with E-state index in [2.05, 4.69) is 9.31 Å². The standard InChI is InChI=1S/C3H3BO5/c5-2-1-3(6)9-4(7)8-2/h7H,1H2. The van der Waals surface area contributed by atoms with Crippen molar-refractivity contribution < 1.29 is 23.9 Å². The van der Waals surface area contributed by atoms with Crippen molar-refractivity contribution >= 4 is 19.3 Å². The molecule has 5 nitrogen and oxygen atoms in total. The Hall–Kier alpha value is -1.04. The van der Waals surface area contributed by atoms with Crippen LogP contribution in [0.3, 0.4) is 0 Å². The molecule has 0 aromatic heterocycles. The molecule has 0 saturated carbocycles. The molecule has 1 N–H and O–H groups in total. The average molecular weight is 130 g/mol. The molecule has 0 aromatic rings. The molecule has 9 heavy (non-hydrogen) atoms. The minimum absolute atomic E-state index is 0.420. The number of hydrogen-bond acceptors (Lipinski definition) is 5. The summed E-state index contributed by atoms with van der Waals surface area (Å²) in [6, 6.07) is 0. The Morgan fingerprint density at radius 3 is 2.11 bits per heavy atom. The second-order valence-corrected chi connectivity index (χ2v) is 1.46. The average Bonchev–Trinajstić information content (AvgIpc) is 1.59. The lowest BCUT2D eigenvalue weighted by Gasteiger charge is -2.12. The zero-order valence-electron chi connectivity index (χ0n) is 4.36. The predicted molar refractivity (Wildman–Crippen MR) is 24.8 cm³/mol. The molecular formula is C3H3BO5. The third-order valence-electron chi connectivity index (χ3n) is 0.753. The Balaban J connectivity index is 2.53. The van der Waals surface area contributed by atoms with Gasteiger partial charge in [-0.05, 0) is 0 Å². The van der Waals surface area contributed by atoms with E-state index < -0.39 is 25.7 Å². The summed E-state index contributed by atoms with van der Waals surface area (Å²) in [5, 5.41) is 8.36. The maximum atomic E-state index is 10.2. The Morgan fingerprint density at radius 2 is 1.78 bits per heavy atom. The van der Waals surface area contributed by atoms with E-state index in [4.69, 9.17) is 5.02 Å². The van der Waals surface area contributed by atoms with Crippen molar-refractivity contribution in [1.82, 2.24) is 0 Å². The minimum atomic E-state index is -1.71. The molecule has 0 radical (unpaired) electrons. The third kappa shape index (κ3) is 1.43. The van der Waals surface area contributed by atoms with Crippen LogP contribution in [0.4, 0.5) is 0 Å². The zero-order valence-corrected chi connectivity index (χ0v) is 4.36. The van der Waals surface area contributed by atoms with E-state index in [9.17, 15) is 9.59 Å². The van der Waals surface area contributed by atoms with E-state index in [1.807, 2.05) is 0 Å². The van der Waals surface area contributed by atoms with Gasteiger partial charge in [0, 0.05) is 0 Å². The van der Waals surface area contributed by atoms with Gasteiger partial charge in [0.25, 0.3) is 0 Å². The molecule has 0 spiro atoms. The van der Waals surface area contributed by atoms with Crippen molar-refractivity contribution in [3.05, 3.63) is 0 Å². The van der Waals surface area contributed by atoms with Crippen LogP contribution in [-0.2, 0) is 18.9 Å². The summed E-state index contributed by atoms with van der Waals surface area (Å²) >= 11 is 0. The summed E-state index contributed by atoms with van der Waals surface area (Å²) in [6.07, 6.45) is -0.420. The molecule has 0 atom stereocenters. The van der Waals surface area contributed by atoms with E-state index in [0.717, 1.165) is 0 Å². The summed E-state index contributed by atoms with van der Waals surface area (Å²) in [5.41, 5.74) is 0. The molecule has 0 aromatic carbocycles. The third-order valence-corrected chi connectivity index (χ3v) is 0.753. The first-order valence-electron chi connectivity index (χ1n) is 2.25. The molecule has 1 aliphatic heterocycles. The lowest BCUT2D eigenvalue weighted by Crippen LogP contribution is -2.36. The summed E-state index contributed by atoms with van der Waals surface area (Å²) in [7, 11) is -1.71. The van der Waals surface area contributed by atoms with Crippen LogP contribution < -0.4 is 0 Å². The largest absolute Gasteiger partial charge is 0.789 e. The molecule has 0 unspecified atom stereocenters. The van der Waals surface area contributed by atoms with Crippen LogP contribution in [-0.4, -0.2) is 24.3 Å². The van der Waals surface area contributed by atoms with Gasteiger partial charge in [0.05, 0.1) is 0 Å². The van der Waals surface area contributed by atoms with Gasteiger partial charge >= 0.3 is 19.3 Å². The van der Waals surface area contributed by atoms with Crippen LogP contribution >= 0.6 is 0 Å². The second kappa shape index (κ2) is 2.06. The summed E-state index contributed by atoms with van der Waals surface area (Å²) in [4.78, 5) is 20.4. The predicted octanol–water partition coefficient (Wildman–Crippen LogP) is -1.55. The fourth-order valence-electron chi connectivity index (χ4n) is 0.450. The number of hydrogen-bond donors (Lipinski definition) is 1. The second-order valence-electron chi connectivity index (χ2n) is 1.46. The molecular weight excluding hydrogens is 127 g/mol. The van der Waals surface area contributed by atoms with Gasteiger partial charge in [-0.2, -0.15) is 0 Å². The normalized spacial score (nSPS) is 19.0. The Kier molecular flexibility index (Phi) is 1.39. The monoisotopic (exact) mass is 130 g/mol. The minimum Gasteiger partial charge on any atom is -0.473 e. The first-order valence-corrected chi connectivity index (χ1v) is 2.25. The highest BCUT2D eigenvalue weighted by molar-refractivity contribution is 6.42. The van der Waals surface area contributed by atoms with Crippen molar-refractivity contribution in [3.8, 4) is 0 Å². The fraction of sp³-hybridized carbons (Fsp3) is 0.333. The van der Waals surface area contributed by atoms with Crippen LogP contribution in [0.5, 0.6) is 0 Å². The van der Waals surface area contributed by atoms with E-state index >= 15 is 0 Å². The highest BCUT2D eigenvalue weighted by atomic mass is 16.7. The van der Waals surface area contributed by atoms with Gasteiger partial charge in [0.2, 0.25) is 0 Å². The lowest BCUT2D eigenvalue weighted by atomic mass is 10.2. The SMILES string of the molecule is O=C1CC(=O)OB(O)O1. The maximum absolute atomic E-state index is 10.2. The molecule has 6 heteroatoms. The highest BCUT2D eigenvalue weighted by Gasteiger charge is 2.33. The van der Waals surface area contributed by atoms with Gasteiger partial charge in [0.15, 0.2) is 0 Å². The van der Waals surface area contributed by atoms with E-state index in [1.54, 1.807) is 0 Å². The van der Waals surface area contributed by atoms with E-state index in [1.165, 1.54) is 0 Å². The maximum Gasteiger partial charge on any atom is 0.789 e. The van der Waals surface area contributed by atoms with Crippen LogP contribution in [0.25, 0.3) is 0 Å². The molecule has 1 aliphatic rings. The van der Waals surface area contributed by atoms with Crippen molar-refractivity contribution in [3.63, 3.8) is 0 Å². The Morgan fingerprint density at radius 1 is 1.33 bits per heavy atom. The fourth-order valence-corrected chi connectivity index (χ4v) is 0.450. The molecule has 0 amide bonds. The molecule has 48 valence electrons. The van der Waals surface area contributed by atoms with Crippen LogP contribution in [0, 0.1) is 0 Å². The first kappa shape index (κ1) is 6.09. The summed E-state index contributed by atoms with van der Waals surface area (Å²) < 4.78 is 8.06. The molecule has 0 aliphatic carbocycles. The van der Waals surface area contributed by atoms with Gasteiger partial charge in [-0.15, -0.1) is 0 Å². The van der Waals surface area contributed by atoms with E-state index in [-0.39, 0.29) is 0 Å². The van der Waals surface area contributed by atoms with Crippen LogP contribution in [0.1, 0.15) is 6.42 Å². The topological polar surface area (TPSA) is 72.8 Å². The van der Waals surface area contributed by atoms with Gasteiger partial charge < -0.3 is 14.3 Å². The molecule has 1 heterocycles. The Labute approximate surface area is 50.7 Å². The zero-order chi connectivity index (χ0) is 6.85. The van der Waals surface area contributed by atoms with Gasteiger partial charge in [-0.25, -0.2) is 0 Å². The van der Waals surface area contributed by atoms with Gasteiger partial charge in [-0.1, -0.05) is 0 Å². The molecule has 0 bridgehead atoms. The van der Waals surface area contributed by atoms with Crippen molar-refractivity contribution in [1.29, 1.82) is 0 Å². The molecule has 1 rings (SSSR count). The number of carbonyl (C=O) groups excluding carboxylic acids is 2. The quantitative estimate of drug-likeness (QED) is 0.317. The van der Waals surface area contributed by atoms with Crippen LogP contribution in [0.15, 0.2) is 0 Å². The number of carbonyl (C=O) groups is 2.